The van der Waals surface area contributed by atoms with E-state index in [2.05, 4.69) is 13.8 Å². The van der Waals surface area contributed by atoms with Gasteiger partial charge in [0.1, 0.15) is 0 Å². The largest absolute Gasteiger partial charge is 0.287 e. The summed E-state index contributed by atoms with van der Waals surface area (Å²) in [4.78, 5) is 36.8. The van der Waals surface area contributed by atoms with Crippen LogP contribution >= 0.6 is 23.1 Å². The first-order valence-corrected chi connectivity index (χ1v) is 13.1. The second kappa shape index (κ2) is 10.5. The normalized spacial score (nSPS) is 11.3. The van der Waals surface area contributed by atoms with Gasteiger partial charge in [-0.3, -0.25) is 19.1 Å². The van der Waals surface area contributed by atoms with Crippen molar-refractivity contribution < 1.29 is 4.79 Å². The number of carbonyl (C=O) groups excluding carboxylic acids is 1. The van der Waals surface area contributed by atoms with Gasteiger partial charge in [-0.25, -0.2) is 9.97 Å². The summed E-state index contributed by atoms with van der Waals surface area (Å²) < 4.78 is 1.79. The topological polar surface area (TPSA) is 68.1 Å². The zero-order chi connectivity index (χ0) is 24.2. The molecule has 176 valence electrons. The molecule has 4 rings (SSSR count). The lowest BCUT2D eigenvalue weighted by Gasteiger charge is -2.18. The molecule has 0 fully saturated rings. The molecule has 34 heavy (non-hydrogen) atoms. The molecule has 0 unspecified atom stereocenters. The minimum Gasteiger partial charge on any atom is -0.287 e. The molecule has 2 aromatic carbocycles. The van der Waals surface area contributed by atoms with E-state index in [1.807, 2.05) is 60.8 Å². The maximum absolute atomic E-state index is 13.2. The first-order chi connectivity index (χ1) is 16.3. The zero-order valence-corrected chi connectivity index (χ0v) is 21.4. The van der Waals surface area contributed by atoms with Crippen molar-refractivity contribution in [3.63, 3.8) is 0 Å². The van der Waals surface area contributed by atoms with Gasteiger partial charge in [-0.05, 0) is 49.1 Å². The Kier molecular flexibility index (Phi) is 7.48. The highest BCUT2D eigenvalue weighted by atomic mass is 32.2. The monoisotopic (exact) mass is 492 g/mol. The number of carbonyl (C=O) groups is 1. The molecule has 2 aromatic heterocycles. The lowest BCUT2D eigenvalue weighted by molar-refractivity contribution is -0.115. The third kappa shape index (κ3) is 5.39. The third-order valence-electron chi connectivity index (χ3n) is 5.41. The number of thiazole rings is 1. The summed E-state index contributed by atoms with van der Waals surface area (Å²) in [5, 5.41) is 3.94. The van der Waals surface area contributed by atoms with Crippen molar-refractivity contribution in [2.75, 3.05) is 4.90 Å². The van der Waals surface area contributed by atoms with Crippen molar-refractivity contribution in [2.45, 2.75) is 51.6 Å². The highest BCUT2D eigenvalue weighted by Crippen LogP contribution is 2.31. The van der Waals surface area contributed by atoms with E-state index in [-0.39, 0.29) is 11.5 Å². The number of rotatable bonds is 8. The standard InChI is InChI=1S/C26H28N4O2S2/c1-17(2)12-13-29-24(32)22-10-5-6-11-23(22)28-25(29)33-15-20-16-34-26(27-20)30(19(4)31)21-9-7-8-18(3)14-21/h5-11,14,16-17H,12-13,15H2,1-4H3. The lowest BCUT2D eigenvalue weighted by Crippen LogP contribution is -2.24. The van der Waals surface area contributed by atoms with E-state index in [9.17, 15) is 9.59 Å². The number of thioether (sulfide) groups is 1. The van der Waals surface area contributed by atoms with Crippen LogP contribution in [0.25, 0.3) is 10.9 Å². The fourth-order valence-electron chi connectivity index (χ4n) is 3.64. The average Bonchev–Trinajstić information content (AvgIpc) is 3.25. The summed E-state index contributed by atoms with van der Waals surface area (Å²) in [6, 6.07) is 15.3. The van der Waals surface area contributed by atoms with Crippen LogP contribution in [0.2, 0.25) is 0 Å². The maximum atomic E-state index is 13.2. The highest BCUT2D eigenvalue weighted by molar-refractivity contribution is 7.98. The van der Waals surface area contributed by atoms with Crippen LogP contribution in [0.1, 0.15) is 38.4 Å². The van der Waals surface area contributed by atoms with Gasteiger partial charge in [0, 0.05) is 24.6 Å². The second-order valence-electron chi connectivity index (χ2n) is 8.65. The predicted octanol–water partition coefficient (Wildman–Crippen LogP) is 6.18. The molecule has 0 aliphatic rings. The van der Waals surface area contributed by atoms with Gasteiger partial charge in [-0.1, -0.05) is 49.9 Å². The van der Waals surface area contributed by atoms with E-state index in [0.29, 0.717) is 39.4 Å². The van der Waals surface area contributed by atoms with Crippen molar-refractivity contribution in [1.29, 1.82) is 0 Å². The number of para-hydroxylation sites is 1. The molecule has 0 radical (unpaired) electrons. The van der Waals surface area contributed by atoms with Crippen molar-refractivity contribution in [1.82, 2.24) is 14.5 Å². The summed E-state index contributed by atoms with van der Waals surface area (Å²) in [7, 11) is 0. The average molecular weight is 493 g/mol. The molecule has 0 saturated carbocycles. The van der Waals surface area contributed by atoms with Crippen LogP contribution in [0.4, 0.5) is 10.8 Å². The minimum atomic E-state index is -0.0853. The Labute approximate surface area is 207 Å². The maximum Gasteiger partial charge on any atom is 0.262 e. The van der Waals surface area contributed by atoms with Gasteiger partial charge in [0.05, 0.1) is 22.3 Å². The number of nitrogens with zero attached hydrogens (tertiary/aromatic N) is 4. The highest BCUT2D eigenvalue weighted by Gasteiger charge is 2.19. The Morgan fingerprint density at radius 2 is 1.94 bits per heavy atom. The Balaban J connectivity index is 1.60. The Bertz CT molecular complexity index is 1380. The van der Waals surface area contributed by atoms with E-state index in [0.717, 1.165) is 23.4 Å². The molecular weight excluding hydrogens is 464 g/mol. The summed E-state index contributed by atoms with van der Waals surface area (Å²) >= 11 is 2.94. The van der Waals surface area contributed by atoms with Gasteiger partial charge >= 0.3 is 0 Å². The van der Waals surface area contributed by atoms with Crippen LogP contribution in [0.5, 0.6) is 0 Å². The Morgan fingerprint density at radius 3 is 2.68 bits per heavy atom. The van der Waals surface area contributed by atoms with Crippen LogP contribution in [0.15, 0.2) is 63.9 Å². The quantitative estimate of drug-likeness (QED) is 0.217. The van der Waals surface area contributed by atoms with Crippen molar-refractivity contribution >= 4 is 50.7 Å². The summed E-state index contributed by atoms with van der Waals surface area (Å²) in [6.07, 6.45) is 0.901. The molecular formula is C26H28N4O2S2. The number of amides is 1. The van der Waals surface area contributed by atoms with E-state index >= 15 is 0 Å². The van der Waals surface area contributed by atoms with Crippen molar-refractivity contribution in [3.05, 3.63) is 75.5 Å². The van der Waals surface area contributed by atoms with E-state index in [4.69, 9.17) is 9.97 Å². The predicted molar refractivity (Wildman–Crippen MR) is 141 cm³/mol. The third-order valence-corrected chi connectivity index (χ3v) is 7.30. The van der Waals surface area contributed by atoms with E-state index in [1.54, 1.807) is 16.4 Å². The van der Waals surface area contributed by atoms with E-state index < -0.39 is 0 Å². The number of anilines is 2. The fourth-order valence-corrected chi connectivity index (χ4v) is 5.55. The summed E-state index contributed by atoms with van der Waals surface area (Å²) in [6.45, 7) is 8.48. The summed E-state index contributed by atoms with van der Waals surface area (Å²) in [5.74, 6) is 0.956. The molecule has 0 saturated heterocycles. The van der Waals surface area contributed by atoms with Gasteiger partial charge in [-0.15, -0.1) is 11.3 Å². The SMILES string of the molecule is CC(=O)N(c1cccc(C)c1)c1nc(CSc2nc3ccccc3c(=O)n2CCC(C)C)cs1. The molecule has 0 atom stereocenters. The molecule has 8 heteroatoms. The smallest absolute Gasteiger partial charge is 0.262 e. The van der Waals surface area contributed by atoms with Crippen LogP contribution in [-0.2, 0) is 17.1 Å². The number of aryl methyl sites for hydroxylation is 1. The van der Waals surface area contributed by atoms with E-state index in [1.165, 1.54) is 23.1 Å². The Hall–Kier alpha value is -2.97. The van der Waals surface area contributed by atoms with Gasteiger partial charge in [-0.2, -0.15) is 0 Å². The minimum absolute atomic E-state index is 0.00470. The molecule has 6 nitrogen and oxygen atoms in total. The van der Waals surface area contributed by atoms with Gasteiger partial charge < -0.3 is 0 Å². The second-order valence-corrected chi connectivity index (χ2v) is 10.4. The molecule has 4 aromatic rings. The Morgan fingerprint density at radius 1 is 1.15 bits per heavy atom. The lowest BCUT2D eigenvalue weighted by atomic mass is 10.1. The van der Waals surface area contributed by atoms with Crippen LogP contribution < -0.4 is 10.5 Å². The van der Waals surface area contributed by atoms with Crippen LogP contribution in [-0.4, -0.2) is 20.4 Å². The molecule has 1 amide bonds. The number of benzene rings is 2. The fraction of sp³-hybridized carbons (Fsp3) is 0.308. The molecule has 2 heterocycles. The number of aromatic nitrogens is 3. The zero-order valence-electron chi connectivity index (χ0n) is 19.8. The molecule has 0 aliphatic carbocycles. The van der Waals surface area contributed by atoms with Crippen LogP contribution in [0.3, 0.4) is 0 Å². The van der Waals surface area contributed by atoms with Gasteiger partial charge in [0.25, 0.3) is 5.56 Å². The van der Waals surface area contributed by atoms with Gasteiger partial charge in [0.2, 0.25) is 5.91 Å². The molecule has 0 spiro atoms. The number of fused-ring (bicyclic) bond motifs is 1. The summed E-state index contributed by atoms with van der Waals surface area (Å²) in [5.41, 5.74) is 3.44. The first-order valence-electron chi connectivity index (χ1n) is 11.3. The molecule has 0 aliphatic heterocycles. The van der Waals surface area contributed by atoms with Crippen LogP contribution in [0, 0.1) is 12.8 Å². The molecule has 0 N–H and O–H groups in total. The number of hydrogen-bond donors (Lipinski definition) is 0. The molecule has 0 bridgehead atoms. The van der Waals surface area contributed by atoms with Crippen molar-refractivity contribution in [3.8, 4) is 0 Å². The van der Waals surface area contributed by atoms with Gasteiger partial charge in [0.15, 0.2) is 10.3 Å². The van der Waals surface area contributed by atoms with Crippen molar-refractivity contribution in [2.24, 2.45) is 5.92 Å². The first kappa shape index (κ1) is 24.2. The number of hydrogen-bond acceptors (Lipinski definition) is 6.